The van der Waals surface area contributed by atoms with Gasteiger partial charge < -0.3 is 0 Å². The summed E-state index contributed by atoms with van der Waals surface area (Å²) >= 11 is 3.78. The SMILES string of the molecule is Cc1ccccc1-c1cc2c3cc4c(cc3c(-c3ccccc3C)cc2c2cc3c(cc12)-c1cccc2c(-c5cccc6sc7ccccc7c56)ccc-3c12)-c1cccc2c(-c3cccc5sc6ccccc6c35)ccc-4c12. The van der Waals surface area contributed by atoms with Gasteiger partial charge in [0.1, 0.15) is 0 Å². The molecule has 18 rings (SSSR count). The number of rotatable bonds is 4. The van der Waals surface area contributed by atoms with E-state index in [1.54, 1.807) is 0 Å². The molecule has 0 unspecified atom stereocenters. The van der Waals surface area contributed by atoms with Crippen molar-refractivity contribution in [2.24, 2.45) is 0 Å². The Balaban J connectivity index is 0.915. The maximum atomic E-state index is 2.56. The van der Waals surface area contributed by atoms with E-state index >= 15 is 0 Å². The summed E-state index contributed by atoms with van der Waals surface area (Å²) in [6.07, 6.45) is 0. The van der Waals surface area contributed by atoms with Gasteiger partial charge in [0.25, 0.3) is 0 Å². The largest absolute Gasteiger partial charge is 0.135 e. The van der Waals surface area contributed by atoms with Crippen LogP contribution in [0.1, 0.15) is 11.1 Å². The Labute approximate surface area is 458 Å². The molecule has 78 heavy (non-hydrogen) atoms. The van der Waals surface area contributed by atoms with Crippen molar-refractivity contribution in [1.82, 2.24) is 0 Å². The van der Waals surface area contributed by atoms with Gasteiger partial charge in [-0.1, -0.05) is 170 Å². The molecule has 2 heteroatoms. The van der Waals surface area contributed by atoms with E-state index < -0.39 is 0 Å². The van der Waals surface area contributed by atoms with Gasteiger partial charge in [0, 0.05) is 40.3 Å². The average Bonchev–Trinajstić information content (AvgIpc) is 4.34. The van der Waals surface area contributed by atoms with Gasteiger partial charge in [-0.2, -0.15) is 0 Å². The Morgan fingerprint density at radius 3 is 0.923 bits per heavy atom. The van der Waals surface area contributed by atoms with E-state index in [-0.39, 0.29) is 0 Å². The molecule has 0 fully saturated rings. The molecular weight excluding hydrogens is 977 g/mol. The lowest BCUT2D eigenvalue weighted by atomic mass is 9.83. The highest BCUT2D eigenvalue weighted by Gasteiger charge is 2.29. The van der Waals surface area contributed by atoms with Crippen LogP contribution in [-0.2, 0) is 0 Å². The molecule has 2 heterocycles. The lowest BCUT2D eigenvalue weighted by molar-refractivity contribution is 1.47. The van der Waals surface area contributed by atoms with E-state index in [4.69, 9.17) is 0 Å². The number of hydrogen-bond acceptors (Lipinski definition) is 2. The number of hydrogen-bond donors (Lipinski definition) is 0. The van der Waals surface area contributed by atoms with Crippen LogP contribution in [0.4, 0.5) is 0 Å². The van der Waals surface area contributed by atoms with Gasteiger partial charge >= 0.3 is 0 Å². The fraction of sp³-hybridized carbons (Fsp3) is 0.0263. The van der Waals surface area contributed by atoms with Crippen molar-refractivity contribution < 1.29 is 0 Å². The van der Waals surface area contributed by atoms with Crippen LogP contribution in [0.3, 0.4) is 0 Å². The van der Waals surface area contributed by atoms with Crippen LogP contribution >= 0.6 is 22.7 Å². The highest BCUT2D eigenvalue weighted by atomic mass is 32.1. The Kier molecular flexibility index (Phi) is 8.66. The van der Waals surface area contributed by atoms with Crippen molar-refractivity contribution in [1.29, 1.82) is 0 Å². The summed E-state index contributed by atoms with van der Waals surface area (Å²) in [7, 11) is 0. The van der Waals surface area contributed by atoms with Crippen LogP contribution in [0.25, 0.3) is 183 Å². The molecule has 2 aliphatic rings. The Hall–Kier alpha value is -9.18. The quantitative estimate of drug-likeness (QED) is 0.154. The van der Waals surface area contributed by atoms with Crippen molar-refractivity contribution in [2.75, 3.05) is 0 Å². The highest BCUT2D eigenvalue weighted by molar-refractivity contribution is 7.26. The van der Waals surface area contributed by atoms with E-state index in [2.05, 4.69) is 244 Å². The lowest BCUT2D eigenvalue weighted by Gasteiger charge is -2.20. The summed E-state index contributed by atoms with van der Waals surface area (Å²) < 4.78 is 5.32. The molecule has 0 N–H and O–H groups in total. The zero-order valence-electron chi connectivity index (χ0n) is 42.8. The smallest absolute Gasteiger partial charge is 0.0361 e. The fourth-order valence-corrected chi connectivity index (χ4v) is 16.7. The molecule has 0 nitrogen and oxygen atoms in total. The van der Waals surface area contributed by atoms with Crippen molar-refractivity contribution >= 4 is 117 Å². The minimum absolute atomic E-state index is 1.27. The molecule has 0 bridgehead atoms. The molecular formula is C76H44S2. The number of fused-ring (bicyclic) bond motifs is 17. The van der Waals surface area contributed by atoms with Gasteiger partial charge in [0.15, 0.2) is 0 Å². The van der Waals surface area contributed by atoms with E-state index in [9.17, 15) is 0 Å². The van der Waals surface area contributed by atoms with Crippen LogP contribution in [-0.4, -0.2) is 0 Å². The third-order valence-electron chi connectivity index (χ3n) is 17.8. The molecule has 0 spiro atoms. The van der Waals surface area contributed by atoms with Crippen LogP contribution in [0.15, 0.2) is 231 Å². The number of thiophene rings is 2. The van der Waals surface area contributed by atoms with Gasteiger partial charge in [-0.15, -0.1) is 22.7 Å². The van der Waals surface area contributed by atoms with Crippen LogP contribution in [0.5, 0.6) is 0 Å². The van der Waals surface area contributed by atoms with E-state index in [0.717, 1.165) is 0 Å². The second-order valence-corrected chi connectivity index (χ2v) is 24.0. The molecule has 0 atom stereocenters. The lowest BCUT2D eigenvalue weighted by Crippen LogP contribution is -1.93. The summed E-state index contributed by atoms with van der Waals surface area (Å²) in [5.41, 5.74) is 23.3. The van der Waals surface area contributed by atoms with Crippen molar-refractivity contribution in [3.63, 3.8) is 0 Å². The molecule has 0 saturated heterocycles. The molecule has 16 aromatic rings. The first-order valence-electron chi connectivity index (χ1n) is 27.1. The molecule has 0 aliphatic heterocycles. The van der Waals surface area contributed by atoms with Crippen molar-refractivity contribution in [2.45, 2.75) is 13.8 Å². The summed E-state index contributed by atoms with van der Waals surface area (Å²) in [5, 5.41) is 18.4. The summed E-state index contributed by atoms with van der Waals surface area (Å²) in [5.74, 6) is 0. The topological polar surface area (TPSA) is 0 Å². The molecule has 2 aromatic heterocycles. The number of aryl methyl sites for hydroxylation is 2. The van der Waals surface area contributed by atoms with E-state index in [1.807, 2.05) is 22.7 Å². The van der Waals surface area contributed by atoms with Gasteiger partial charge in [-0.25, -0.2) is 0 Å². The minimum Gasteiger partial charge on any atom is -0.135 e. The van der Waals surface area contributed by atoms with Crippen molar-refractivity contribution in [3.8, 4) is 89.0 Å². The van der Waals surface area contributed by atoms with E-state index in [1.165, 1.54) is 194 Å². The van der Waals surface area contributed by atoms with Gasteiger partial charge in [-0.3, -0.25) is 0 Å². The first-order chi connectivity index (χ1) is 38.5. The monoisotopic (exact) mass is 1020 g/mol. The Morgan fingerprint density at radius 1 is 0.179 bits per heavy atom. The molecule has 0 amide bonds. The molecule has 360 valence electrons. The zero-order chi connectivity index (χ0) is 51.1. The van der Waals surface area contributed by atoms with Gasteiger partial charge in [-0.05, 0) is 229 Å². The van der Waals surface area contributed by atoms with Gasteiger partial charge in [0.2, 0.25) is 0 Å². The molecule has 0 saturated carbocycles. The molecule has 0 radical (unpaired) electrons. The van der Waals surface area contributed by atoms with Crippen molar-refractivity contribution in [3.05, 3.63) is 242 Å². The number of benzene rings is 14. The first kappa shape index (κ1) is 43.0. The minimum atomic E-state index is 1.27. The zero-order valence-corrected chi connectivity index (χ0v) is 44.4. The second kappa shape index (κ2) is 15.7. The Morgan fingerprint density at radius 2 is 0.474 bits per heavy atom. The maximum Gasteiger partial charge on any atom is 0.0361 e. The third kappa shape index (κ3) is 5.73. The fourth-order valence-electron chi connectivity index (χ4n) is 14.4. The Bertz CT molecular complexity index is 5070. The van der Waals surface area contributed by atoms with Crippen LogP contribution < -0.4 is 0 Å². The van der Waals surface area contributed by atoms with E-state index in [0.29, 0.717) is 0 Å². The first-order valence-corrected chi connectivity index (χ1v) is 28.8. The summed E-state index contributed by atoms with van der Waals surface area (Å²) in [6.45, 7) is 4.54. The second-order valence-electron chi connectivity index (χ2n) is 21.8. The normalized spacial score (nSPS) is 12.5. The summed E-state index contributed by atoms with van der Waals surface area (Å²) in [4.78, 5) is 0. The third-order valence-corrected chi connectivity index (χ3v) is 20.1. The summed E-state index contributed by atoms with van der Waals surface area (Å²) in [6, 6.07) is 88.4. The highest BCUT2D eigenvalue weighted by Crippen LogP contribution is 2.57. The standard InChI is InChI=1S/C76H44S2/c1-41-15-3-5-17-43(41)57-35-65-66(67-39-61-53-33-31-45(47-21-11-23-51(73(47)53)59(61)37-63(57)67)49-25-13-29-71-75(49)55-19-7-9-27-69(55)77-71)36-58(44-18-6-4-16-42(44)2)64-38-60-52-24-12-22-48-46(32-34-54(74(48)52)62(60)40-68(64)65)50-26-14-30-72-76(50)56-20-8-10-28-70(56)78-72/h3-40H,1-2H3. The average molecular weight is 1020 g/mol. The maximum absolute atomic E-state index is 2.56. The van der Waals surface area contributed by atoms with Crippen LogP contribution in [0.2, 0.25) is 0 Å². The predicted molar refractivity (Wildman–Crippen MR) is 340 cm³/mol. The molecule has 14 aromatic carbocycles. The predicted octanol–water partition coefficient (Wildman–Crippen LogP) is 22.8. The van der Waals surface area contributed by atoms with Gasteiger partial charge in [0.05, 0.1) is 0 Å². The molecule has 2 aliphatic carbocycles. The van der Waals surface area contributed by atoms with Crippen LogP contribution in [0, 0.1) is 13.8 Å².